The summed E-state index contributed by atoms with van der Waals surface area (Å²) in [5, 5.41) is 4.68. The lowest BCUT2D eigenvalue weighted by Crippen LogP contribution is -2.06. The van der Waals surface area contributed by atoms with E-state index in [1.54, 1.807) is 18.2 Å². The number of hydrogen-bond donors (Lipinski definition) is 0. The van der Waals surface area contributed by atoms with Crippen LogP contribution in [0, 0.1) is 5.82 Å². The lowest BCUT2D eigenvalue weighted by molar-refractivity contribution is 0.627. The van der Waals surface area contributed by atoms with Gasteiger partial charge in [0.2, 0.25) is 0 Å². The standard InChI is InChI=1S/C17H12Cl2FN3/c18-16-4-2-1-3-13(16)9-15(12-5-7-14(20)8-6-12)17(19)23-11-21-10-22-23/h1-11,17H/b15-9+. The van der Waals surface area contributed by atoms with Crippen molar-refractivity contribution in [2.24, 2.45) is 0 Å². The summed E-state index contributed by atoms with van der Waals surface area (Å²) in [6, 6.07) is 13.5. The number of benzene rings is 2. The summed E-state index contributed by atoms with van der Waals surface area (Å²) in [5.74, 6) is -0.308. The van der Waals surface area contributed by atoms with Crippen molar-refractivity contribution in [1.82, 2.24) is 14.8 Å². The van der Waals surface area contributed by atoms with E-state index in [1.165, 1.54) is 29.5 Å². The maximum atomic E-state index is 13.2. The maximum Gasteiger partial charge on any atom is 0.153 e. The number of hydrogen-bond acceptors (Lipinski definition) is 2. The summed E-state index contributed by atoms with van der Waals surface area (Å²) in [5.41, 5.74) is 1.74. The van der Waals surface area contributed by atoms with Crippen LogP contribution in [0.4, 0.5) is 4.39 Å². The molecule has 0 saturated carbocycles. The molecule has 1 heterocycles. The van der Waals surface area contributed by atoms with Gasteiger partial charge in [-0.1, -0.05) is 53.5 Å². The van der Waals surface area contributed by atoms with Gasteiger partial charge in [0.1, 0.15) is 18.5 Å². The quantitative estimate of drug-likeness (QED) is 0.488. The third kappa shape index (κ3) is 3.60. The third-order valence-electron chi connectivity index (χ3n) is 3.32. The molecule has 3 rings (SSSR count). The van der Waals surface area contributed by atoms with Crippen LogP contribution in [0.15, 0.2) is 61.2 Å². The highest BCUT2D eigenvalue weighted by Gasteiger charge is 2.16. The van der Waals surface area contributed by atoms with Gasteiger partial charge in [0, 0.05) is 5.02 Å². The zero-order valence-electron chi connectivity index (χ0n) is 11.9. The topological polar surface area (TPSA) is 30.7 Å². The van der Waals surface area contributed by atoms with Crippen molar-refractivity contribution in [3.63, 3.8) is 0 Å². The molecule has 0 saturated heterocycles. The van der Waals surface area contributed by atoms with Crippen molar-refractivity contribution in [2.75, 3.05) is 0 Å². The Morgan fingerprint density at radius 3 is 2.52 bits per heavy atom. The van der Waals surface area contributed by atoms with E-state index >= 15 is 0 Å². The summed E-state index contributed by atoms with van der Waals surface area (Å²) < 4.78 is 14.7. The van der Waals surface area contributed by atoms with E-state index in [4.69, 9.17) is 23.2 Å². The number of rotatable bonds is 4. The molecule has 0 spiro atoms. The minimum Gasteiger partial charge on any atom is -0.230 e. The lowest BCUT2D eigenvalue weighted by atomic mass is 10.0. The average molecular weight is 348 g/mol. The molecule has 1 unspecified atom stereocenters. The first-order chi connectivity index (χ1) is 11.1. The molecule has 0 aliphatic rings. The largest absolute Gasteiger partial charge is 0.230 e. The molecule has 116 valence electrons. The molecule has 0 amide bonds. The SMILES string of the molecule is Fc1ccc(/C(=C\c2ccccc2Cl)C(Cl)n2cncn2)cc1. The zero-order valence-corrected chi connectivity index (χ0v) is 13.4. The van der Waals surface area contributed by atoms with Crippen molar-refractivity contribution < 1.29 is 4.39 Å². The number of nitrogens with zero attached hydrogens (tertiary/aromatic N) is 3. The molecule has 0 radical (unpaired) electrons. The fourth-order valence-electron chi connectivity index (χ4n) is 2.17. The molecule has 1 atom stereocenters. The van der Waals surface area contributed by atoms with Crippen LogP contribution in [-0.4, -0.2) is 14.8 Å². The molecule has 0 bridgehead atoms. The maximum absolute atomic E-state index is 13.2. The van der Waals surface area contributed by atoms with Gasteiger partial charge in [-0.3, -0.25) is 0 Å². The second-order valence-corrected chi connectivity index (χ2v) is 5.66. The smallest absolute Gasteiger partial charge is 0.153 e. The molecule has 23 heavy (non-hydrogen) atoms. The van der Waals surface area contributed by atoms with Crippen LogP contribution in [-0.2, 0) is 0 Å². The Balaban J connectivity index is 2.10. The monoisotopic (exact) mass is 347 g/mol. The molecule has 2 aromatic carbocycles. The summed E-state index contributed by atoms with van der Waals surface area (Å²) in [4.78, 5) is 3.91. The molecule has 0 fully saturated rings. The molecule has 3 aromatic rings. The van der Waals surface area contributed by atoms with Crippen molar-refractivity contribution in [3.05, 3.63) is 83.2 Å². The van der Waals surface area contributed by atoms with Crippen molar-refractivity contribution in [3.8, 4) is 0 Å². The molecular formula is C17H12Cl2FN3. The van der Waals surface area contributed by atoms with E-state index in [1.807, 2.05) is 24.3 Å². The Morgan fingerprint density at radius 2 is 1.87 bits per heavy atom. The number of alkyl halides is 1. The molecule has 0 aliphatic carbocycles. The first-order valence-corrected chi connectivity index (χ1v) is 7.67. The van der Waals surface area contributed by atoms with Gasteiger partial charge in [-0.25, -0.2) is 14.1 Å². The van der Waals surface area contributed by atoms with Crippen molar-refractivity contribution in [1.29, 1.82) is 0 Å². The Hall–Kier alpha value is -2.17. The summed E-state index contributed by atoms with van der Waals surface area (Å²) >= 11 is 12.8. The molecule has 0 aliphatic heterocycles. The van der Waals surface area contributed by atoms with E-state index in [0.29, 0.717) is 5.02 Å². The fraction of sp³-hybridized carbons (Fsp3) is 0.0588. The molecule has 1 aromatic heterocycles. The van der Waals surface area contributed by atoms with E-state index in [2.05, 4.69) is 10.1 Å². The molecular weight excluding hydrogens is 336 g/mol. The summed E-state index contributed by atoms with van der Waals surface area (Å²) in [7, 11) is 0. The second kappa shape index (κ2) is 6.94. The highest BCUT2D eigenvalue weighted by atomic mass is 35.5. The fourth-order valence-corrected chi connectivity index (χ4v) is 2.65. The van der Waals surface area contributed by atoms with Crippen LogP contribution in [0.1, 0.15) is 16.6 Å². The minimum atomic E-state index is -0.598. The van der Waals surface area contributed by atoms with Crippen LogP contribution in [0.25, 0.3) is 11.6 Å². The van der Waals surface area contributed by atoms with Gasteiger partial charge in [0.15, 0.2) is 5.50 Å². The predicted molar refractivity (Wildman–Crippen MR) is 90.6 cm³/mol. The Morgan fingerprint density at radius 1 is 1.13 bits per heavy atom. The first kappa shape index (κ1) is 15.7. The van der Waals surface area contributed by atoms with Gasteiger partial charge in [0.25, 0.3) is 0 Å². The number of allylic oxidation sites excluding steroid dienone is 1. The molecule has 6 heteroatoms. The van der Waals surface area contributed by atoms with Gasteiger partial charge < -0.3 is 0 Å². The molecule has 0 N–H and O–H groups in total. The molecule has 3 nitrogen and oxygen atoms in total. The number of aromatic nitrogens is 3. The normalized spacial score (nSPS) is 13.1. The highest BCUT2D eigenvalue weighted by molar-refractivity contribution is 6.32. The Kier molecular flexibility index (Phi) is 4.74. The van der Waals surface area contributed by atoms with Gasteiger partial charge in [0.05, 0.1) is 0 Å². The lowest BCUT2D eigenvalue weighted by Gasteiger charge is -2.15. The van der Waals surface area contributed by atoms with Gasteiger partial charge in [-0.15, -0.1) is 0 Å². The van der Waals surface area contributed by atoms with Crippen LogP contribution in [0.3, 0.4) is 0 Å². The first-order valence-electron chi connectivity index (χ1n) is 6.85. The minimum absolute atomic E-state index is 0.308. The van der Waals surface area contributed by atoms with E-state index in [0.717, 1.165) is 16.7 Å². The Labute approximate surface area is 143 Å². The van der Waals surface area contributed by atoms with Crippen LogP contribution >= 0.6 is 23.2 Å². The van der Waals surface area contributed by atoms with Crippen molar-refractivity contribution >= 4 is 34.9 Å². The van der Waals surface area contributed by atoms with Gasteiger partial charge in [-0.2, -0.15) is 5.10 Å². The van der Waals surface area contributed by atoms with Crippen LogP contribution in [0.2, 0.25) is 5.02 Å². The second-order valence-electron chi connectivity index (χ2n) is 4.84. The van der Waals surface area contributed by atoms with Crippen LogP contribution in [0.5, 0.6) is 0 Å². The summed E-state index contributed by atoms with van der Waals surface area (Å²) in [6.45, 7) is 0. The van der Waals surface area contributed by atoms with Crippen molar-refractivity contribution in [2.45, 2.75) is 5.50 Å². The van der Waals surface area contributed by atoms with Crippen LogP contribution < -0.4 is 0 Å². The Bertz CT molecular complexity index is 814. The summed E-state index contributed by atoms with van der Waals surface area (Å²) in [6.07, 6.45) is 4.81. The van der Waals surface area contributed by atoms with Gasteiger partial charge in [-0.05, 0) is 41.0 Å². The predicted octanol–water partition coefficient (Wildman–Crippen LogP) is 5.05. The number of halogens is 3. The average Bonchev–Trinajstić information content (AvgIpc) is 3.09. The van der Waals surface area contributed by atoms with E-state index < -0.39 is 5.50 Å². The highest BCUT2D eigenvalue weighted by Crippen LogP contribution is 2.33. The zero-order chi connectivity index (χ0) is 16.2. The van der Waals surface area contributed by atoms with Gasteiger partial charge >= 0.3 is 0 Å². The van der Waals surface area contributed by atoms with E-state index in [-0.39, 0.29) is 5.82 Å². The third-order valence-corrected chi connectivity index (χ3v) is 4.10. The van der Waals surface area contributed by atoms with E-state index in [9.17, 15) is 4.39 Å².